The summed E-state index contributed by atoms with van der Waals surface area (Å²) in [5, 5.41) is 19.2. The molecule has 1 saturated heterocycles. The molecular weight excluding hydrogens is 328 g/mol. The summed E-state index contributed by atoms with van der Waals surface area (Å²) < 4.78 is 0. The van der Waals surface area contributed by atoms with Gasteiger partial charge in [0.05, 0.1) is 5.60 Å². The third-order valence-electron chi connectivity index (χ3n) is 5.68. The first-order valence-corrected chi connectivity index (χ1v) is 9.82. The first-order chi connectivity index (χ1) is 12.6. The van der Waals surface area contributed by atoms with Crippen LogP contribution in [0.2, 0.25) is 0 Å². The second kappa shape index (κ2) is 8.84. The Bertz CT molecular complexity index is 595. The molecule has 2 amide bonds. The van der Waals surface area contributed by atoms with Gasteiger partial charge in [0.1, 0.15) is 0 Å². The van der Waals surface area contributed by atoms with Crippen molar-refractivity contribution in [2.75, 3.05) is 32.0 Å². The Hall–Kier alpha value is -1.63. The molecule has 0 aromatic heterocycles. The maximum atomic E-state index is 12.3. The molecule has 144 valence electrons. The number of rotatable bonds is 6. The molecule has 1 aromatic carbocycles. The van der Waals surface area contributed by atoms with E-state index in [4.69, 9.17) is 0 Å². The Kier molecular flexibility index (Phi) is 6.51. The van der Waals surface area contributed by atoms with Gasteiger partial charge in [0.25, 0.3) is 0 Å². The van der Waals surface area contributed by atoms with Crippen molar-refractivity contribution in [1.29, 1.82) is 0 Å². The monoisotopic (exact) mass is 360 g/mol. The summed E-state index contributed by atoms with van der Waals surface area (Å²) in [5.74, 6) is 0. The minimum Gasteiger partial charge on any atom is -0.387 e. The summed E-state index contributed by atoms with van der Waals surface area (Å²) in [4.78, 5) is 14.7. The quantitative estimate of drug-likeness (QED) is 0.628. The average Bonchev–Trinajstić information content (AvgIpc) is 3.09. The molecule has 0 bridgehead atoms. The SMILES string of the molecule is CN(Cc1ccccc1NC(=O)NC[C@]1(O)CCNC1)C1CCCCC1. The van der Waals surface area contributed by atoms with Crippen LogP contribution < -0.4 is 16.0 Å². The van der Waals surface area contributed by atoms with Crippen LogP contribution in [0, 0.1) is 0 Å². The van der Waals surface area contributed by atoms with Crippen molar-refractivity contribution >= 4 is 11.7 Å². The Labute approximate surface area is 156 Å². The van der Waals surface area contributed by atoms with Crippen molar-refractivity contribution in [3.05, 3.63) is 29.8 Å². The number of nitrogens with one attached hydrogen (secondary N) is 3. The number of β-amino-alcohol motifs (C(OH)–C–C–N with tert-alkyl or cyclic N) is 1. The zero-order valence-corrected chi connectivity index (χ0v) is 15.8. The predicted octanol–water partition coefficient (Wildman–Crippen LogP) is 2.30. The summed E-state index contributed by atoms with van der Waals surface area (Å²) in [6, 6.07) is 8.33. The number of hydrogen-bond acceptors (Lipinski definition) is 4. The smallest absolute Gasteiger partial charge is 0.319 e. The van der Waals surface area contributed by atoms with Gasteiger partial charge in [0.15, 0.2) is 0 Å². The lowest BCUT2D eigenvalue weighted by atomic mass is 9.94. The number of benzene rings is 1. The zero-order chi connectivity index (χ0) is 18.4. The number of amides is 2. The van der Waals surface area contributed by atoms with E-state index in [0.29, 0.717) is 19.0 Å². The number of nitrogens with zero attached hydrogens (tertiary/aromatic N) is 1. The standard InChI is InChI=1S/C20H32N4O2/c1-24(17-8-3-2-4-9-17)13-16-7-5-6-10-18(16)23-19(25)22-15-20(26)11-12-21-14-20/h5-7,10,17,21,26H,2-4,8-9,11-15H2,1H3,(H2,22,23,25)/t20-/m0/s1. The molecule has 0 unspecified atom stereocenters. The Morgan fingerprint density at radius 1 is 1.31 bits per heavy atom. The number of anilines is 1. The van der Waals surface area contributed by atoms with E-state index in [-0.39, 0.29) is 12.6 Å². The van der Waals surface area contributed by atoms with E-state index in [1.165, 1.54) is 32.1 Å². The van der Waals surface area contributed by atoms with Gasteiger partial charge in [-0.25, -0.2) is 4.79 Å². The Balaban J connectivity index is 1.55. The summed E-state index contributed by atoms with van der Waals surface area (Å²) in [5.41, 5.74) is 1.12. The van der Waals surface area contributed by atoms with E-state index in [0.717, 1.165) is 24.3 Å². The van der Waals surface area contributed by atoms with E-state index in [1.807, 2.05) is 18.2 Å². The third kappa shape index (κ3) is 5.19. The van der Waals surface area contributed by atoms with Gasteiger partial charge in [-0.15, -0.1) is 0 Å². The van der Waals surface area contributed by atoms with Gasteiger partial charge in [-0.1, -0.05) is 37.5 Å². The van der Waals surface area contributed by atoms with Crippen LogP contribution in [-0.2, 0) is 6.54 Å². The first kappa shape index (κ1) is 19.1. The zero-order valence-electron chi connectivity index (χ0n) is 15.8. The van der Waals surface area contributed by atoms with Gasteiger partial charge in [0, 0.05) is 31.4 Å². The minimum absolute atomic E-state index is 0.260. The van der Waals surface area contributed by atoms with Crippen molar-refractivity contribution in [1.82, 2.24) is 15.5 Å². The highest BCUT2D eigenvalue weighted by Gasteiger charge is 2.31. The fourth-order valence-electron chi connectivity index (χ4n) is 3.99. The van der Waals surface area contributed by atoms with Gasteiger partial charge >= 0.3 is 6.03 Å². The van der Waals surface area contributed by atoms with Crippen LogP contribution in [0.5, 0.6) is 0 Å². The third-order valence-corrected chi connectivity index (χ3v) is 5.68. The highest BCUT2D eigenvalue weighted by Crippen LogP contribution is 2.25. The Morgan fingerprint density at radius 3 is 2.81 bits per heavy atom. The molecule has 1 saturated carbocycles. The van der Waals surface area contributed by atoms with Gasteiger partial charge < -0.3 is 21.1 Å². The van der Waals surface area contributed by atoms with Crippen molar-refractivity contribution in [3.8, 4) is 0 Å². The van der Waals surface area contributed by atoms with Gasteiger partial charge in [-0.05, 0) is 44.5 Å². The molecule has 6 heteroatoms. The molecule has 3 rings (SSSR count). The second-order valence-electron chi connectivity index (χ2n) is 7.82. The molecule has 0 radical (unpaired) electrons. The highest BCUT2D eigenvalue weighted by molar-refractivity contribution is 5.90. The van der Waals surface area contributed by atoms with E-state index in [9.17, 15) is 9.90 Å². The second-order valence-corrected chi connectivity index (χ2v) is 7.82. The van der Waals surface area contributed by atoms with Gasteiger partial charge in [0.2, 0.25) is 0 Å². The molecule has 1 heterocycles. The molecule has 2 fully saturated rings. The van der Waals surface area contributed by atoms with Crippen LogP contribution >= 0.6 is 0 Å². The molecule has 1 atom stereocenters. The molecule has 6 nitrogen and oxygen atoms in total. The van der Waals surface area contributed by atoms with Crippen molar-refractivity contribution in [3.63, 3.8) is 0 Å². The largest absolute Gasteiger partial charge is 0.387 e. The number of aliphatic hydroxyl groups is 1. The number of carbonyl (C=O) groups is 1. The van der Waals surface area contributed by atoms with Crippen LogP contribution in [0.15, 0.2) is 24.3 Å². The summed E-state index contributed by atoms with van der Waals surface area (Å²) in [6.45, 7) is 2.40. The summed E-state index contributed by atoms with van der Waals surface area (Å²) in [6.07, 6.45) is 7.17. The highest BCUT2D eigenvalue weighted by atomic mass is 16.3. The molecule has 1 aliphatic carbocycles. The van der Waals surface area contributed by atoms with Crippen LogP contribution in [0.1, 0.15) is 44.1 Å². The maximum absolute atomic E-state index is 12.3. The van der Waals surface area contributed by atoms with Crippen LogP contribution in [-0.4, -0.2) is 54.4 Å². The molecule has 1 aromatic rings. The van der Waals surface area contributed by atoms with Crippen molar-refractivity contribution < 1.29 is 9.90 Å². The average molecular weight is 361 g/mol. The number of carbonyl (C=O) groups excluding carboxylic acids is 1. The summed E-state index contributed by atoms with van der Waals surface area (Å²) >= 11 is 0. The first-order valence-electron chi connectivity index (χ1n) is 9.82. The number of hydrogen-bond donors (Lipinski definition) is 4. The normalized spacial score (nSPS) is 24.0. The minimum atomic E-state index is -0.835. The van der Waals surface area contributed by atoms with Gasteiger partial charge in [-0.2, -0.15) is 0 Å². The topological polar surface area (TPSA) is 76.6 Å². The number of urea groups is 1. The van der Waals surface area contributed by atoms with Crippen LogP contribution in [0.4, 0.5) is 10.5 Å². The lowest BCUT2D eigenvalue weighted by Gasteiger charge is -2.31. The Morgan fingerprint density at radius 2 is 2.08 bits per heavy atom. The molecular formula is C20H32N4O2. The fraction of sp³-hybridized carbons (Fsp3) is 0.650. The van der Waals surface area contributed by atoms with Crippen molar-refractivity contribution in [2.24, 2.45) is 0 Å². The molecule has 26 heavy (non-hydrogen) atoms. The van der Waals surface area contributed by atoms with E-state index in [1.54, 1.807) is 0 Å². The summed E-state index contributed by atoms with van der Waals surface area (Å²) in [7, 11) is 2.18. The molecule has 2 aliphatic rings. The van der Waals surface area contributed by atoms with Crippen molar-refractivity contribution in [2.45, 2.75) is 56.7 Å². The van der Waals surface area contributed by atoms with E-state index < -0.39 is 5.60 Å². The fourth-order valence-corrected chi connectivity index (χ4v) is 3.99. The molecule has 1 aliphatic heterocycles. The van der Waals surface area contributed by atoms with Gasteiger partial charge in [-0.3, -0.25) is 4.90 Å². The maximum Gasteiger partial charge on any atom is 0.319 e. The van der Waals surface area contributed by atoms with E-state index in [2.05, 4.69) is 34.0 Å². The van der Waals surface area contributed by atoms with Crippen LogP contribution in [0.25, 0.3) is 0 Å². The molecule has 4 N–H and O–H groups in total. The molecule has 0 spiro atoms. The van der Waals surface area contributed by atoms with E-state index >= 15 is 0 Å². The van der Waals surface area contributed by atoms with Crippen LogP contribution in [0.3, 0.4) is 0 Å². The lowest BCUT2D eigenvalue weighted by Crippen LogP contribution is -2.45. The lowest BCUT2D eigenvalue weighted by molar-refractivity contribution is 0.0640. The predicted molar refractivity (Wildman–Crippen MR) is 104 cm³/mol. The number of para-hydroxylation sites is 1.